The number of pyridine rings is 1. The molecule has 4 heteroatoms. The Morgan fingerprint density at radius 2 is 1.72 bits per heavy atom. The van der Waals surface area contributed by atoms with E-state index in [1.165, 1.54) is 5.56 Å². The Bertz CT molecular complexity index is 862. The Morgan fingerprint density at radius 3 is 2.44 bits per heavy atom. The fraction of sp³-hybridized carbons (Fsp3) is 0.143. The van der Waals surface area contributed by atoms with Crippen molar-refractivity contribution in [1.82, 2.24) is 10.3 Å². The van der Waals surface area contributed by atoms with Crippen LogP contribution in [0.3, 0.4) is 0 Å². The van der Waals surface area contributed by atoms with Gasteiger partial charge in [0.05, 0.1) is 5.69 Å². The standard InChI is InChI=1S/C21H21N3O/c1-16-8-3-4-10-18(16)19-11-5-6-12-20(19)24(2)21(25)23-15-17-9-7-13-22-14-17/h3-14H,15H2,1-2H3,(H,23,25). The van der Waals surface area contributed by atoms with E-state index in [0.29, 0.717) is 6.54 Å². The van der Waals surface area contributed by atoms with Crippen molar-refractivity contribution in [2.45, 2.75) is 13.5 Å². The quantitative estimate of drug-likeness (QED) is 0.770. The van der Waals surface area contributed by atoms with Crippen LogP contribution in [0.25, 0.3) is 11.1 Å². The number of benzene rings is 2. The molecule has 0 fully saturated rings. The Kier molecular flexibility index (Phi) is 5.09. The molecule has 1 heterocycles. The molecule has 3 aromatic rings. The molecule has 126 valence electrons. The van der Waals surface area contributed by atoms with E-state index < -0.39 is 0 Å². The minimum atomic E-state index is -0.148. The number of urea groups is 1. The third kappa shape index (κ3) is 3.86. The van der Waals surface area contributed by atoms with E-state index in [2.05, 4.69) is 29.4 Å². The number of hydrogen-bond donors (Lipinski definition) is 1. The number of nitrogens with zero attached hydrogens (tertiary/aromatic N) is 2. The Balaban J connectivity index is 1.82. The number of para-hydroxylation sites is 1. The molecule has 4 nitrogen and oxygen atoms in total. The van der Waals surface area contributed by atoms with Crippen molar-refractivity contribution in [2.75, 3.05) is 11.9 Å². The summed E-state index contributed by atoms with van der Waals surface area (Å²) >= 11 is 0. The lowest BCUT2D eigenvalue weighted by atomic mass is 9.99. The largest absolute Gasteiger partial charge is 0.334 e. The normalized spacial score (nSPS) is 10.3. The molecule has 0 aliphatic carbocycles. The van der Waals surface area contributed by atoms with Gasteiger partial charge in [-0.15, -0.1) is 0 Å². The van der Waals surface area contributed by atoms with Crippen LogP contribution in [0.4, 0.5) is 10.5 Å². The summed E-state index contributed by atoms with van der Waals surface area (Å²) in [5.74, 6) is 0. The molecule has 2 amide bonds. The average Bonchev–Trinajstić information content (AvgIpc) is 2.67. The molecule has 0 saturated heterocycles. The maximum atomic E-state index is 12.6. The van der Waals surface area contributed by atoms with Crippen molar-refractivity contribution < 1.29 is 4.79 Å². The SMILES string of the molecule is Cc1ccccc1-c1ccccc1N(C)C(=O)NCc1cccnc1. The van der Waals surface area contributed by atoms with Gasteiger partial charge < -0.3 is 5.32 Å². The molecule has 0 aliphatic rings. The average molecular weight is 331 g/mol. The minimum absolute atomic E-state index is 0.148. The predicted octanol–water partition coefficient (Wildman–Crippen LogP) is 4.40. The number of nitrogens with one attached hydrogen (secondary N) is 1. The number of amides is 2. The Morgan fingerprint density at radius 1 is 1.00 bits per heavy atom. The van der Waals surface area contributed by atoms with Crippen LogP contribution in [0.15, 0.2) is 73.1 Å². The lowest BCUT2D eigenvalue weighted by molar-refractivity contribution is 0.247. The molecular weight excluding hydrogens is 310 g/mol. The van der Waals surface area contributed by atoms with Crippen molar-refractivity contribution in [1.29, 1.82) is 0 Å². The third-order valence-electron chi connectivity index (χ3n) is 4.17. The van der Waals surface area contributed by atoms with Crippen molar-refractivity contribution >= 4 is 11.7 Å². The fourth-order valence-electron chi connectivity index (χ4n) is 2.78. The summed E-state index contributed by atoms with van der Waals surface area (Å²) in [6.45, 7) is 2.53. The van der Waals surface area contributed by atoms with Gasteiger partial charge in [-0.1, -0.05) is 48.5 Å². The van der Waals surface area contributed by atoms with Crippen LogP contribution in [0.2, 0.25) is 0 Å². The lowest BCUT2D eigenvalue weighted by Gasteiger charge is -2.22. The molecule has 0 unspecified atom stereocenters. The number of hydrogen-bond acceptors (Lipinski definition) is 2. The first-order valence-corrected chi connectivity index (χ1v) is 8.22. The number of rotatable bonds is 4. The molecule has 0 spiro atoms. The van der Waals surface area contributed by atoms with Crippen molar-refractivity contribution in [3.05, 3.63) is 84.2 Å². The van der Waals surface area contributed by atoms with Gasteiger partial charge in [0.25, 0.3) is 0 Å². The highest BCUT2D eigenvalue weighted by Crippen LogP contribution is 2.32. The minimum Gasteiger partial charge on any atom is -0.334 e. The van der Waals surface area contributed by atoms with Crippen LogP contribution < -0.4 is 10.2 Å². The van der Waals surface area contributed by atoms with Crippen LogP contribution in [-0.4, -0.2) is 18.1 Å². The van der Waals surface area contributed by atoms with Gasteiger partial charge in [-0.25, -0.2) is 4.79 Å². The summed E-state index contributed by atoms with van der Waals surface area (Å²) < 4.78 is 0. The predicted molar refractivity (Wildman–Crippen MR) is 101 cm³/mol. The van der Waals surface area contributed by atoms with Crippen LogP contribution in [0, 0.1) is 6.92 Å². The van der Waals surface area contributed by atoms with Gasteiger partial charge in [-0.05, 0) is 35.7 Å². The maximum Gasteiger partial charge on any atom is 0.321 e. The van der Waals surface area contributed by atoms with Crippen molar-refractivity contribution in [3.8, 4) is 11.1 Å². The van der Waals surface area contributed by atoms with Gasteiger partial charge in [0.15, 0.2) is 0 Å². The first kappa shape index (κ1) is 16.7. The van der Waals surface area contributed by atoms with E-state index in [-0.39, 0.29) is 6.03 Å². The van der Waals surface area contributed by atoms with Gasteiger partial charge in [-0.2, -0.15) is 0 Å². The molecule has 0 saturated carbocycles. The Labute approximate surface area is 148 Å². The second-order valence-corrected chi connectivity index (χ2v) is 5.91. The monoisotopic (exact) mass is 331 g/mol. The zero-order valence-corrected chi connectivity index (χ0v) is 14.4. The van der Waals surface area contributed by atoms with Gasteiger partial charge in [0.1, 0.15) is 0 Å². The molecule has 0 radical (unpaired) electrons. The number of anilines is 1. The molecular formula is C21H21N3O. The fourth-order valence-corrected chi connectivity index (χ4v) is 2.78. The van der Waals surface area contributed by atoms with E-state index in [9.17, 15) is 4.79 Å². The zero-order valence-electron chi connectivity index (χ0n) is 14.4. The number of carbonyl (C=O) groups is 1. The number of carbonyl (C=O) groups excluding carboxylic acids is 1. The topological polar surface area (TPSA) is 45.2 Å². The van der Waals surface area contributed by atoms with E-state index in [0.717, 1.165) is 22.4 Å². The number of aromatic nitrogens is 1. The van der Waals surface area contributed by atoms with E-state index in [1.54, 1.807) is 24.3 Å². The highest BCUT2D eigenvalue weighted by molar-refractivity contribution is 5.96. The molecule has 25 heavy (non-hydrogen) atoms. The van der Waals surface area contributed by atoms with Crippen molar-refractivity contribution in [3.63, 3.8) is 0 Å². The lowest BCUT2D eigenvalue weighted by Crippen LogP contribution is -2.37. The van der Waals surface area contributed by atoms with Crippen LogP contribution in [-0.2, 0) is 6.54 Å². The van der Waals surface area contributed by atoms with Crippen LogP contribution >= 0.6 is 0 Å². The van der Waals surface area contributed by atoms with Gasteiger partial charge in [0.2, 0.25) is 0 Å². The molecule has 0 atom stereocenters. The second-order valence-electron chi connectivity index (χ2n) is 5.91. The van der Waals surface area contributed by atoms with Gasteiger partial charge in [-0.3, -0.25) is 9.88 Å². The molecule has 3 rings (SSSR count). The van der Waals surface area contributed by atoms with Gasteiger partial charge >= 0.3 is 6.03 Å². The molecule has 1 N–H and O–H groups in total. The summed E-state index contributed by atoms with van der Waals surface area (Å²) in [7, 11) is 1.79. The van der Waals surface area contributed by atoms with E-state index >= 15 is 0 Å². The molecule has 2 aromatic carbocycles. The summed E-state index contributed by atoms with van der Waals surface area (Å²) in [5.41, 5.74) is 5.20. The zero-order chi connectivity index (χ0) is 17.6. The summed E-state index contributed by atoms with van der Waals surface area (Å²) in [4.78, 5) is 18.3. The van der Waals surface area contributed by atoms with E-state index in [1.807, 2.05) is 48.5 Å². The third-order valence-corrected chi connectivity index (χ3v) is 4.17. The molecule has 1 aromatic heterocycles. The van der Waals surface area contributed by atoms with Crippen LogP contribution in [0.1, 0.15) is 11.1 Å². The smallest absolute Gasteiger partial charge is 0.321 e. The maximum absolute atomic E-state index is 12.6. The first-order valence-electron chi connectivity index (χ1n) is 8.22. The van der Waals surface area contributed by atoms with Crippen LogP contribution in [0.5, 0.6) is 0 Å². The highest BCUT2D eigenvalue weighted by Gasteiger charge is 2.15. The molecule has 0 aliphatic heterocycles. The number of aryl methyl sites for hydroxylation is 1. The van der Waals surface area contributed by atoms with E-state index in [4.69, 9.17) is 0 Å². The van der Waals surface area contributed by atoms with Gasteiger partial charge in [0, 0.05) is 31.5 Å². The summed E-state index contributed by atoms with van der Waals surface area (Å²) in [6, 6.07) is 19.8. The molecule has 0 bridgehead atoms. The summed E-state index contributed by atoms with van der Waals surface area (Å²) in [6.07, 6.45) is 3.47. The highest BCUT2D eigenvalue weighted by atomic mass is 16.2. The van der Waals surface area contributed by atoms with Crippen molar-refractivity contribution in [2.24, 2.45) is 0 Å². The Hall–Kier alpha value is -3.14. The second kappa shape index (κ2) is 7.62. The summed E-state index contributed by atoms with van der Waals surface area (Å²) in [5, 5.41) is 2.94. The first-order chi connectivity index (χ1) is 12.2.